The van der Waals surface area contributed by atoms with Crippen LogP contribution in [0.5, 0.6) is 0 Å². The fourth-order valence-electron chi connectivity index (χ4n) is 2.98. The molecule has 0 heteroatoms. The van der Waals surface area contributed by atoms with Crippen molar-refractivity contribution in [2.75, 3.05) is 0 Å². The SMILES string of the molecule is C(#Cc1ccccc1-c1ccccc1C#Cc1ccccc1)c1ccccc1. The molecule has 130 valence electrons. The van der Waals surface area contributed by atoms with Gasteiger partial charge in [-0.2, -0.15) is 0 Å². The second-order valence-corrected chi connectivity index (χ2v) is 6.32. The van der Waals surface area contributed by atoms with E-state index in [9.17, 15) is 0 Å². The number of benzene rings is 4. The lowest BCUT2D eigenvalue weighted by Gasteiger charge is -2.07. The first-order chi connectivity index (χ1) is 13.9. The average molecular weight is 354 g/mol. The molecule has 28 heavy (non-hydrogen) atoms. The van der Waals surface area contributed by atoms with Crippen LogP contribution in [0.25, 0.3) is 11.1 Å². The van der Waals surface area contributed by atoms with E-state index in [2.05, 4.69) is 47.9 Å². The van der Waals surface area contributed by atoms with Gasteiger partial charge in [0.1, 0.15) is 0 Å². The van der Waals surface area contributed by atoms with E-state index in [1.165, 1.54) is 0 Å². The largest absolute Gasteiger partial charge is 0.0622 e. The minimum Gasteiger partial charge on any atom is -0.0622 e. The predicted octanol–water partition coefficient (Wildman–Crippen LogP) is 6.15. The molecule has 0 aliphatic rings. The van der Waals surface area contributed by atoms with Crippen LogP contribution < -0.4 is 0 Å². The second kappa shape index (κ2) is 8.59. The summed E-state index contributed by atoms with van der Waals surface area (Å²) in [4.78, 5) is 0. The predicted molar refractivity (Wildman–Crippen MR) is 117 cm³/mol. The van der Waals surface area contributed by atoms with E-state index in [0.29, 0.717) is 0 Å². The van der Waals surface area contributed by atoms with E-state index < -0.39 is 0 Å². The van der Waals surface area contributed by atoms with E-state index in [1.807, 2.05) is 84.9 Å². The van der Waals surface area contributed by atoms with Crippen molar-refractivity contribution >= 4 is 0 Å². The van der Waals surface area contributed by atoms with Gasteiger partial charge in [-0.15, -0.1) is 0 Å². The van der Waals surface area contributed by atoms with Crippen molar-refractivity contribution in [1.29, 1.82) is 0 Å². The van der Waals surface area contributed by atoms with Crippen LogP contribution in [0.1, 0.15) is 22.3 Å². The molecule has 0 aliphatic heterocycles. The van der Waals surface area contributed by atoms with Gasteiger partial charge >= 0.3 is 0 Å². The normalized spacial score (nSPS) is 9.57. The van der Waals surface area contributed by atoms with E-state index in [0.717, 1.165) is 33.4 Å². The molecule has 0 fully saturated rings. The highest BCUT2D eigenvalue weighted by atomic mass is 14.1. The van der Waals surface area contributed by atoms with Gasteiger partial charge in [0.2, 0.25) is 0 Å². The highest BCUT2D eigenvalue weighted by Crippen LogP contribution is 2.26. The Morgan fingerprint density at radius 1 is 0.321 bits per heavy atom. The lowest BCUT2D eigenvalue weighted by Crippen LogP contribution is -1.88. The van der Waals surface area contributed by atoms with Crippen molar-refractivity contribution in [1.82, 2.24) is 0 Å². The summed E-state index contributed by atoms with van der Waals surface area (Å²) in [6.07, 6.45) is 0. The Kier molecular flexibility index (Phi) is 5.34. The summed E-state index contributed by atoms with van der Waals surface area (Å²) < 4.78 is 0. The number of rotatable bonds is 1. The molecule has 0 aromatic heterocycles. The zero-order chi connectivity index (χ0) is 19.0. The van der Waals surface area contributed by atoms with E-state index in [-0.39, 0.29) is 0 Å². The third kappa shape index (κ3) is 4.21. The van der Waals surface area contributed by atoms with Crippen LogP contribution in [0.4, 0.5) is 0 Å². The molecule has 0 heterocycles. The molecular weight excluding hydrogens is 336 g/mol. The molecule has 0 aliphatic carbocycles. The lowest BCUT2D eigenvalue weighted by molar-refractivity contribution is 1.55. The summed E-state index contributed by atoms with van der Waals surface area (Å²) in [5.41, 5.74) is 6.22. The Morgan fingerprint density at radius 2 is 0.679 bits per heavy atom. The second-order valence-electron chi connectivity index (χ2n) is 6.32. The topological polar surface area (TPSA) is 0 Å². The van der Waals surface area contributed by atoms with Crippen LogP contribution in [0, 0.1) is 23.7 Å². The Hall–Kier alpha value is -4.00. The molecule has 0 amide bonds. The van der Waals surface area contributed by atoms with Gasteiger partial charge in [0.05, 0.1) is 0 Å². The van der Waals surface area contributed by atoms with Crippen LogP contribution >= 0.6 is 0 Å². The Labute approximate surface area is 166 Å². The van der Waals surface area contributed by atoms with Crippen molar-refractivity contribution in [3.8, 4) is 34.8 Å². The fraction of sp³-hybridized carbons (Fsp3) is 0. The molecule has 0 atom stereocenters. The molecule has 0 spiro atoms. The average Bonchev–Trinajstić information content (AvgIpc) is 2.78. The quantitative estimate of drug-likeness (QED) is 0.359. The maximum Gasteiger partial charge on any atom is 0.0327 e. The summed E-state index contributed by atoms with van der Waals surface area (Å²) in [6, 6.07) is 36.6. The van der Waals surface area contributed by atoms with Gasteiger partial charge in [0.15, 0.2) is 0 Å². The third-order valence-corrected chi connectivity index (χ3v) is 4.37. The highest BCUT2D eigenvalue weighted by Gasteiger charge is 2.06. The van der Waals surface area contributed by atoms with Gasteiger partial charge in [-0.25, -0.2) is 0 Å². The first-order valence-electron chi connectivity index (χ1n) is 9.23. The molecular formula is C28H18. The van der Waals surface area contributed by atoms with Crippen LogP contribution in [0.15, 0.2) is 109 Å². The third-order valence-electron chi connectivity index (χ3n) is 4.37. The van der Waals surface area contributed by atoms with Gasteiger partial charge in [0, 0.05) is 22.3 Å². The molecule has 0 saturated heterocycles. The molecule has 4 rings (SSSR count). The van der Waals surface area contributed by atoms with Gasteiger partial charge < -0.3 is 0 Å². The molecule has 4 aromatic rings. The first kappa shape index (κ1) is 17.4. The van der Waals surface area contributed by atoms with E-state index in [1.54, 1.807) is 0 Å². The van der Waals surface area contributed by atoms with Crippen molar-refractivity contribution in [2.45, 2.75) is 0 Å². The van der Waals surface area contributed by atoms with Crippen molar-refractivity contribution in [2.24, 2.45) is 0 Å². The minimum absolute atomic E-state index is 1.00. The summed E-state index contributed by atoms with van der Waals surface area (Å²) in [5.74, 6) is 13.2. The maximum atomic E-state index is 3.33. The molecule has 0 unspecified atom stereocenters. The zero-order valence-corrected chi connectivity index (χ0v) is 15.4. The van der Waals surface area contributed by atoms with Gasteiger partial charge in [-0.05, 0) is 47.5 Å². The molecule has 4 aromatic carbocycles. The summed E-state index contributed by atoms with van der Waals surface area (Å²) >= 11 is 0. The van der Waals surface area contributed by atoms with Gasteiger partial charge in [-0.1, -0.05) is 96.5 Å². The minimum atomic E-state index is 1.00. The number of hydrogen-bond donors (Lipinski definition) is 0. The van der Waals surface area contributed by atoms with Crippen LogP contribution in [-0.4, -0.2) is 0 Å². The summed E-state index contributed by atoms with van der Waals surface area (Å²) in [7, 11) is 0. The van der Waals surface area contributed by atoms with E-state index >= 15 is 0 Å². The Bertz CT molecular complexity index is 1100. The van der Waals surface area contributed by atoms with Crippen LogP contribution in [-0.2, 0) is 0 Å². The zero-order valence-electron chi connectivity index (χ0n) is 15.4. The van der Waals surface area contributed by atoms with E-state index in [4.69, 9.17) is 0 Å². The van der Waals surface area contributed by atoms with Crippen LogP contribution in [0.2, 0.25) is 0 Å². The monoisotopic (exact) mass is 354 g/mol. The number of hydrogen-bond acceptors (Lipinski definition) is 0. The maximum absolute atomic E-state index is 3.33. The highest BCUT2D eigenvalue weighted by molar-refractivity contribution is 5.77. The molecule has 0 bridgehead atoms. The smallest absolute Gasteiger partial charge is 0.0327 e. The van der Waals surface area contributed by atoms with Crippen molar-refractivity contribution in [3.05, 3.63) is 131 Å². The Balaban J connectivity index is 1.76. The molecule has 0 N–H and O–H groups in total. The van der Waals surface area contributed by atoms with Crippen molar-refractivity contribution in [3.63, 3.8) is 0 Å². The fourth-order valence-corrected chi connectivity index (χ4v) is 2.98. The lowest BCUT2D eigenvalue weighted by atomic mass is 9.95. The standard InChI is InChI=1S/C28H18/c1-3-11-23(12-4-1)19-21-25-15-7-9-17-27(25)28-18-10-8-16-26(28)22-20-24-13-5-2-6-14-24/h1-18H. The van der Waals surface area contributed by atoms with Crippen molar-refractivity contribution < 1.29 is 0 Å². The Morgan fingerprint density at radius 3 is 1.11 bits per heavy atom. The summed E-state index contributed by atoms with van der Waals surface area (Å²) in [6.45, 7) is 0. The first-order valence-corrected chi connectivity index (χ1v) is 9.23. The molecule has 0 saturated carbocycles. The van der Waals surface area contributed by atoms with Gasteiger partial charge in [-0.3, -0.25) is 0 Å². The molecule has 0 nitrogen and oxygen atoms in total. The summed E-state index contributed by atoms with van der Waals surface area (Å²) in [5, 5.41) is 0. The van der Waals surface area contributed by atoms with Crippen LogP contribution in [0.3, 0.4) is 0 Å². The molecule has 0 radical (unpaired) electrons. The van der Waals surface area contributed by atoms with Gasteiger partial charge in [0.25, 0.3) is 0 Å².